The molecule has 0 saturated heterocycles. The second-order valence-electron chi connectivity index (χ2n) is 5.54. The predicted molar refractivity (Wildman–Crippen MR) is 91.8 cm³/mol. The number of halogens is 4. The first-order valence-electron chi connectivity index (χ1n) is 7.40. The summed E-state index contributed by atoms with van der Waals surface area (Å²) < 4.78 is 30.4. The Bertz CT molecular complexity index is 1010. The Morgan fingerprint density at radius 2 is 1.76 bits per heavy atom. The highest BCUT2D eigenvalue weighted by Crippen LogP contribution is 2.37. The Morgan fingerprint density at radius 1 is 1.04 bits per heavy atom. The maximum atomic E-state index is 14.4. The quantitative estimate of drug-likeness (QED) is 0.612. The monoisotopic (exact) mass is 378 g/mol. The fraction of sp³-hybridized carbons (Fsp3) is 0.118. The molecule has 2 heterocycles. The maximum absolute atomic E-state index is 14.4. The molecule has 0 spiro atoms. The summed E-state index contributed by atoms with van der Waals surface area (Å²) in [6.07, 6.45) is 1.39. The van der Waals surface area contributed by atoms with Gasteiger partial charge in [0.1, 0.15) is 24.0 Å². The number of benzene rings is 2. The summed E-state index contributed by atoms with van der Waals surface area (Å²) in [4.78, 5) is 8.70. The molecule has 0 unspecified atom stereocenters. The molecule has 0 saturated carbocycles. The van der Waals surface area contributed by atoms with Crippen LogP contribution in [0.2, 0.25) is 10.0 Å². The number of hydrogen-bond donors (Lipinski definition) is 0. The zero-order valence-electron chi connectivity index (χ0n) is 12.8. The molecule has 1 aromatic heterocycles. The summed E-state index contributed by atoms with van der Waals surface area (Å²) in [5.41, 5.74) is 0.644. The van der Waals surface area contributed by atoms with Gasteiger partial charge in [-0.05, 0) is 31.2 Å². The van der Waals surface area contributed by atoms with Crippen molar-refractivity contribution in [1.82, 2.24) is 14.8 Å². The van der Waals surface area contributed by atoms with Gasteiger partial charge < -0.3 is 0 Å². The predicted octanol–water partition coefficient (Wildman–Crippen LogP) is 4.76. The number of nitrogens with zero attached hydrogens (tertiary/aromatic N) is 4. The first kappa shape index (κ1) is 16.2. The van der Waals surface area contributed by atoms with E-state index in [1.807, 2.05) is 0 Å². The van der Waals surface area contributed by atoms with E-state index in [4.69, 9.17) is 23.2 Å². The third kappa shape index (κ3) is 2.44. The van der Waals surface area contributed by atoms with Crippen LogP contribution < -0.4 is 0 Å². The molecule has 1 atom stereocenters. The van der Waals surface area contributed by atoms with Crippen molar-refractivity contribution in [2.75, 3.05) is 0 Å². The number of rotatable bonds is 1. The molecule has 0 N–H and O–H groups in total. The summed E-state index contributed by atoms with van der Waals surface area (Å²) in [5.74, 6) is -0.938. The summed E-state index contributed by atoms with van der Waals surface area (Å²) in [5, 5.41) is 4.60. The summed E-state index contributed by atoms with van der Waals surface area (Å²) in [6.45, 7) is 1.76. The van der Waals surface area contributed by atoms with Crippen LogP contribution in [0.15, 0.2) is 41.7 Å². The molecule has 0 fully saturated rings. The maximum Gasteiger partial charge on any atom is 0.156 e. The molecule has 0 radical (unpaired) electrons. The van der Waals surface area contributed by atoms with Gasteiger partial charge in [0, 0.05) is 5.56 Å². The van der Waals surface area contributed by atoms with Crippen molar-refractivity contribution in [3.05, 3.63) is 75.3 Å². The molecular formula is C17H10Cl2F2N4. The van der Waals surface area contributed by atoms with Crippen molar-refractivity contribution in [1.29, 1.82) is 0 Å². The van der Waals surface area contributed by atoms with Gasteiger partial charge in [-0.3, -0.25) is 4.99 Å². The van der Waals surface area contributed by atoms with Crippen LogP contribution in [0, 0.1) is 11.6 Å². The molecule has 4 nitrogen and oxygen atoms in total. The molecule has 25 heavy (non-hydrogen) atoms. The van der Waals surface area contributed by atoms with E-state index in [0.29, 0.717) is 17.1 Å². The van der Waals surface area contributed by atoms with E-state index >= 15 is 0 Å². The minimum absolute atomic E-state index is 0.0814. The topological polar surface area (TPSA) is 43.1 Å². The van der Waals surface area contributed by atoms with Gasteiger partial charge in [-0.25, -0.2) is 18.4 Å². The van der Waals surface area contributed by atoms with Crippen molar-refractivity contribution >= 4 is 28.9 Å². The van der Waals surface area contributed by atoms with Crippen LogP contribution in [0.3, 0.4) is 0 Å². The first-order valence-corrected chi connectivity index (χ1v) is 8.15. The van der Waals surface area contributed by atoms with Crippen LogP contribution >= 0.6 is 23.2 Å². The second kappa shape index (κ2) is 5.89. The zero-order valence-corrected chi connectivity index (χ0v) is 14.4. The average Bonchev–Trinajstić information content (AvgIpc) is 3.02. The molecule has 0 bridgehead atoms. The highest BCUT2D eigenvalue weighted by atomic mass is 35.5. The molecule has 0 amide bonds. The van der Waals surface area contributed by atoms with Crippen molar-refractivity contribution in [3.8, 4) is 5.69 Å². The Balaban J connectivity index is 2.13. The van der Waals surface area contributed by atoms with Gasteiger partial charge >= 0.3 is 0 Å². The smallest absolute Gasteiger partial charge is 0.156 e. The Kier molecular flexibility index (Phi) is 3.81. The SMILES string of the molecule is C[C@@H]1N=C(c2c(F)cccc2F)c2c(ccc(Cl)c2Cl)-n2ncnc21. The Labute approximate surface area is 151 Å². The number of hydrogen-bond acceptors (Lipinski definition) is 3. The van der Waals surface area contributed by atoms with Crippen molar-refractivity contribution in [3.63, 3.8) is 0 Å². The lowest BCUT2D eigenvalue weighted by atomic mass is 9.99. The molecule has 8 heteroatoms. The van der Waals surface area contributed by atoms with E-state index in [1.54, 1.807) is 23.7 Å². The number of aromatic nitrogens is 3. The molecule has 1 aliphatic rings. The largest absolute Gasteiger partial charge is 0.273 e. The lowest BCUT2D eigenvalue weighted by molar-refractivity contribution is 0.578. The molecule has 4 rings (SSSR count). The van der Waals surface area contributed by atoms with Gasteiger partial charge in [-0.1, -0.05) is 29.3 Å². The van der Waals surface area contributed by atoms with Crippen LogP contribution in [-0.4, -0.2) is 20.5 Å². The fourth-order valence-corrected chi connectivity index (χ4v) is 3.30. The minimum Gasteiger partial charge on any atom is -0.273 e. The molecule has 3 aromatic rings. The van der Waals surface area contributed by atoms with E-state index in [1.165, 1.54) is 24.5 Å². The van der Waals surface area contributed by atoms with Gasteiger partial charge in [0.05, 0.1) is 27.0 Å². The summed E-state index contributed by atoms with van der Waals surface area (Å²) in [7, 11) is 0. The molecule has 2 aromatic carbocycles. The van der Waals surface area contributed by atoms with E-state index < -0.39 is 17.7 Å². The van der Waals surface area contributed by atoms with Gasteiger partial charge in [0.15, 0.2) is 5.82 Å². The van der Waals surface area contributed by atoms with Crippen LogP contribution in [0.5, 0.6) is 0 Å². The van der Waals surface area contributed by atoms with E-state index in [9.17, 15) is 8.78 Å². The molecule has 126 valence electrons. The standard InChI is InChI=1S/C17H10Cl2F2N4/c1-8-17-22-7-23-25(17)12-6-5-9(18)15(19)14(12)16(24-8)13-10(20)3-2-4-11(13)21/h2-8H,1H3/t8-/m0/s1. The van der Waals surface area contributed by atoms with E-state index in [-0.39, 0.29) is 21.3 Å². The summed E-state index contributed by atoms with van der Waals surface area (Å²) in [6, 6.07) is 6.42. The first-order chi connectivity index (χ1) is 12.0. The van der Waals surface area contributed by atoms with Gasteiger partial charge in [-0.2, -0.15) is 5.10 Å². The zero-order chi connectivity index (χ0) is 17.7. The van der Waals surface area contributed by atoms with Gasteiger partial charge in [0.2, 0.25) is 0 Å². The number of fused-ring (bicyclic) bond motifs is 3. The van der Waals surface area contributed by atoms with E-state index in [0.717, 1.165) is 0 Å². The van der Waals surface area contributed by atoms with Crippen molar-refractivity contribution in [2.24, 2.45) is 4.99 Å². The third-order valence-corrected chi connectivity index (χ3v) is 4.81. The normalized spacial score (nSPS) is 16.0. The second-order valence-corrected chi connectivity index (χ2v) is 6.32. The van der Waals surface area contributed by atoms with Crippen molar-refractivity contribution in [2.45, 2.75) is 13.0 Å². The van der Waals surface area contributed by atoms with Crippen LogP contribution in [0.4, 0.5) is 8.78 Å². The van der Waals surface area contributed by atoms with Crippen LogP contribution in [0.25, 0.3) is 5.69 Å². The molecule has 0 aliphatic carbocycles. The lowest BCUT2D eigenvalue weighted by Gasteiger charge is -2.14. The summed E-state index contributed by atoms with van der Waals surface area (Å²) >= 11 is 12.5. The van der Waals surface area contributed by atoms with Crippen molar-refractivity contribution < 1.29 is 8.78 Å². The Hall–Kier alpha value is -2.31. The average molecular weight is 379 g/mol. The fourth-order valence-electron chi connectivity index (χ4n) is 2.89. The lowest BCUT2D eigenvalue weighted by Crippen LogP contribution is -2.12. The highest BCUT2D eigenvalue weighted by molar-refractivity contribution is 6.45. The third-order valence-electron chi connectivity index (χ3n) is 4.01. The molecular weight excluding hydrogens is 369 g/mol. The van der Waals surface area contributed by atoms with Gasteiger partial charge in [-0.15, -0.1) is 0 Å². The Morgan fingerprint density at radius 3 is 2.48 bits per heavy atom. The highest BCUT2D eigenvalue weighted by Gasteiger charge is 2.29. The van der Waals surface area contributed by atoms with Crippen LogP contribution in [-0.2, 0) is 0 Å². The minimum atomic E-state index is -0.736. The number of aliphatic imine (C=N–C) groups is 1. The molecule has 1 aliphatic heterocycles. The van der Waals surface area contributed by atoms with Gasteiger partial charge in [0.25, 0.3) is 0 Å². The van der Waals surface area contributed by atoms with Crippen LogP contribution in [0.1, 0.15) is 29.9 Å². The van der Waals surface area contributed by atoms with E-state index in [2.05, 4.69) is 15.1 Å².